The van der Waals surface area contributed by atoms with Crippen LogP contribution in [0, 0.1) is 5.92 Å². The maximum absolute atomic E-state index is 13.3. The van der Waals surface area contributed by atoms with Crippen LogP contribution in [0.15, 0.2) is 30.5 Å². The predicted octanol–water partition coefficient (Wildman–Crippen LogP) is 1.01. The normalized spacial score (nSPS) is 14.5. The van der Waals surface area contributed by atoms with Gasteiger partial charge in [0, 0.05) is 23.5 Å². The Labute approximate surface area is 209 Å². The van der Waals surface area contributed by atoms with Gasteiger partial charge < -0.3 is 31.8 Å². The summed E-state index contributed by atoms with van der Waals surface area (Å²) in [5.74, 6) is -2.47. The summed E-state index contributed by atoms with van der Waals surface area (Å²) in [5, 5.41) is 18.4. The lowest BCUT2D eigenvalue weighted by Crippen LogP contribution is -2.57. The smallest absolute Gasteiger partial charge is 0.326 e. The summed E-state index contributed by atoms with van der Waals surface area (Å²) in [5.41, 5.74) is 7.17. The fraction of sp³-hybridized carbons (Fsp3) is 0.500. The van der Waals surface area contributed by atoms with E-state index >= 15 is 0 Å². The Morgan fingerprint density at radius 3 is 2.40 bits per heavy atom. The molecule has 35 heavy (non-hydrogen) atoms. The standard InChI is InChI=1S/C24H35N5O5S/c1-4-14(2)21(24(33)34)29-22(31)18(9-10-35-3)28-23(32)19(27-20(30)12-25)11-15-13-26-17-8-6-5-7-16(15)17/h5-8,13-14,18-19,21,26H,4,9-12,25H2,1-3H3,(H,27,30)(H,28,32)(H,29,31)(H,33,34). The van der Waals surface area contributed by atoms with E-state index in [-0.39, 0.29) is 18.9 Å². The number of thioether (sulfide) groups is 1. The molecule has 10 nitrogen and oxygen atoms in total. The van der Waals surface area contributed by atoms with Crippen molar-refractivity contribution < 1.29 is 24.3 Å². The highest BCUT2D eigenvalue weighted by Crippen LogP contribution is 2.19. The van der Waals surface area contributed by atoms with Gasteiger partial charge in [-0.1, -0.05) is 38.5 Å². The number of carboxylic acids is 1. The number of aromatic nitrogens is 1. The van der Waals surface area contributed by atoms with Crippen molar-refractivity contribution >= 4 is 46.4 Å². The molecule has 3 amide bonds. The number of hydrogen-bond acceptors (Lipinski definition) is 6. The number of aliphatic carboxylic acids is 1. The number of H-pyrrole nitrogens is 1. The van der Waals surface area contributed by atoms with E-state index in [0.717, 1.165) is 16.5 Å². The molecule has 0 bridgehead atoms. The third-order valence-corrected chi connectivity index (χ3v) is 6.60. The molecule has 0 spiro atoms. The van der Waals surface area contributed by atoms with Gasteiger partial charge in [0.2, 0.25) is 17.7 Å². The molecule has 4 atom stereocenters. The van der Waals surface area contributed by atoms with Crippen LogP contribution in [0.1, 0.15) is 32.3 Å². The molecule has 0 aliphatic rings. The minimum Gasteiger partial charge on any atom is -0.480 e. The fourth-order valence-corrected chi connectivity index (χ4v) is 4.17. The SMILES string of the molecule is CCC(C)C(NC(=O)C(CCSC)NC(=O)C(Cc1c[nH]c2ccccc12)NC(=O)CN)C(=O)O. The van der Waals surface area contributed by atoms with Crippen molar-refractivity contribution in [1.29, 1.82) is 0 Å². The van der Waals surface area contributed by atoms with Crippen LogP contribution in [0.25, 0.3) is 10.9 Å². The van der Waals surface area contributed by atoms with Gasteiger partial charge in [0.25, 0.3) is 0 Å². The molecule has 192 valence electrons. The topological polar surface area (TPSA) is 166 Å². The minimum atomic E-state index is -1.13. The summed E-state index contributed by atoms with van der Waals surface area (Å²) in [6.45, 7) is 3.30. The summed E-state index contributed by atoms with van der Waals surface area (Å²) in [6, 6.07) is 4.59. The summed E-state index contributed by atoms with van der Waals surface area (Å²) in [7, 11) is 0. The van der Waals surface area contributed by atoms with Crippen LogP contribution < -0.4 is 21.7 Å². The first-order valence-corrected chi connectivity index (χ1v) is 13.0. The fourth-order valence-electron chi connectivity index (χ4n) is 3.70. The molecular formula is C24H35N5O5S. The van der Waals surface area contributed by atoms with E-state index < -0.39 is 41.8 Å². The van der Waals surface area contributed by atoms with Gasteiger partial charge in [-0.3, -0.25) is 14.4 Å². The summed E-state index contributed by atoms with van der Waals surface area (Å²) >= 11 is 1.50. The van der Waals surface area contributed by atoms with Gasteiger partial charge in [-0.15, -0.1) is 0 Å². The van der Waals surface area contributed by atoms with Crippen molar-refractivity contribution in [1.82, 2.24) is 20.9 Å². The van der Waals surface area contributed by atoms with E-state index in [1.54, 1.807) is 13.1 Å². The molecule has 0 radical (unpaired) electrons. The zero-order valence-corrected chi connectivity index (χ0v) is 21.1. The lowest BCUT2D eigenvalue weighted by atomic mass is 9.98. The van der Waals surface area contributed by atoms with Crippen LogP contribution in [-0.4, -0.2) is 70.5 Å². The average molecular weight is 506 g/mol. The van der Waals surface area contributed by atoms with E-state index in [4.69, 9.17) is 5.73 Å². The highest BCUT2D eigenvalue weighted by molar-refractivity contribution is 7.98. The Hall–Kier alpha value is -3.05. The van der Waals surface area contributed by atoms with Crippen LogP contribution in [0.4, 0.5) is 0 Å². The van der Waals surface area contributed by atoms with Crippen molar-refractivity contribution in [3.63, 3.8) is 0 Å². The van der Waals surface area contributed by atoms with Gasteiger partial charge >= 0.3 is 5.97 Å². The molecular weight excluding hydrogens is 470 g/mol. The number of carbonyl (C=O) groups is 4. The molecule has 0 aliphatic heterocycles. The number of rotatable bonds is 14. The van der Waals surface area contributed by atoms with Crippen molar-refractivity contribution in [2.24, 2.45) is 11.7 Å². The van der Waals surface area contributed by atoms with E-state index in [2.05, 4.69) is 20.9 Å². The van der Waals surface area contributed by atoms with Crippen molar-refractivity contribution in [2.75, 3.05) is 18.6 Å². The quantitative estimate of drug-likeness (QED) is 0.223. The van der Waals surface area contributed by atoms with Crippen LogP contribution >= 0.6 is 11.8 Å². The maximum Gasteiger partial charge on any atom is 0.326 e. The minimum absolute atomic E-state index is 0.184. The average Bonchev–Trinajstić information content (AvgIpc) is 3.26. The molecule has 7 N–H and O–H groups in total. The van der Waals surface area contributed by atoms with Gasteiger partial charge in [-0.2, -0.15) is 11.8 Å². The van der Waals surface area contributed by atoms with Gasteiger partial charge in [-0.05, 0) is 36.0 Å². The van der Waals surface area contributed by atoms with E-state index in [9.17, 15) is 24.3 Å². The molecule has 0 fully saturated rings. The molecule has 4 unspecified atom stereocenters. The van der Waals surface area contributed by atoms with Gasteiger partial charge in [0.1, 0.15) is 18.1 Å². The maximum atomic E-state index is 13.3. The lowest BCUT2D eigenvalue weighted by Gasteiger charge is -2.26. The van der Waals surface area contributed by atoms with Gasteiger partial charge in [-0.25, -0.2) is 4.79 Å². The number of carboxylic acid groups (broad SMARTS) is 1. The Bertz CT molecular complexity index is 1030. The first-order valence-electron chi connectivity index (χ1n) is 11.6. The van der Waals surface area contributed by atoms with Gasteiger partial charge in [0.15, 0.2) is 0 Å². The number of fused-ring (bicyclic) bond motifs is 1. The first-order chi connectivity index (χ1) is 16.7. The van der Waals surface area contributed by atoms with Crippen molar-refractivity contribution in [2.45, 2.75) is 51.2 Å². The number of para-hydroxylation sites is 1. The molecule has 2 rings (SSSR count). The van der Waals surface area contributed by atoms with E-state index in [1.165, 1.54) is 11.8 Å². The molecule has 0 aliphatic carbocycles. The molecule has 2 aromatic rings. The molecule has 11 heteroatoms. The number of carbonyl (C=O) groups excluding carboxylic acids is 3. The van der Waals surface area contributed by atoms with Crippen molar-refractivity contribution in [3.8, 4) is 0 Å². The largest absolute Gasteiger partial charge is 0.480 e. The second-order valence-electron chi connectivity index (χ2n) is 8.44. The molecule has 0 saturated carbocycles. The second kappa shape index (κ2) is 13.7. The first kappa shape index (κ1) is 28.2. The number of nitrogens with two attached hydrogens (primary N) is 1. The van der Waals surface area contributed by atoms with Crippen LogP contribution in [0.3, 0.4) is 0 Å². The number of amides is 3. The molecule has 0 saturated heterocycles. The Morgan fingerprint density at radius 1 is 1.09 bits per heavy atom. The molecule has 1 heterocycles. The second-order valence-corrected chi connectivity index (χ2v) is 9.43. The van der Waals surface area contributed by atoms with E-state index in [0.29, 0.717) is 18.6 Å². The summed E-state index contributed by atoms with van der Waals surface area (Å²) in [6.07, 6.45) is 4.70. The van der Waals surface area contributed by atoms with Crippen LogP contribution in [0.2, 0.25) is 0 Å². The number of benzene rings is 1. The van der Waals surface area contributed by atoms with E-state index in [1.807, 2.05) is 37.4 Å². The molecule has 1 aromatic heterocycles. The summed E-state index contributed by atoms with van der Waals surface area (Å²) < 4.78 is 0. The Morgan fingerprint density at radius 2 is 1.77 bits per heavy atom. The highest BCUT2D eigenvalue weighted by Gasteiger charge is 2.31. The monoisotopic (exact) mass is 505 g/mol. The summed E-state index contributed by atoms with van der Waals surface area (Å²) in [4.78, 5) is 53.2. The van der Waals surface area contributed by atoms with Crippen molar-refractivity contribution in [3.05, 3.63) is 36.0 Å². The third-order valence-electron chi connectivity index (χ3n) is 5.96. The van der Waals surface area contributed by atoms with Crippen LogP contribution in [-0.2, 0) is 25.6 Å². The number of nitrogens with one attached hydrogen (secondary N) is 4. The Balaban J connectivity index is 2.23. The number of aromatic amines is 1. The predicted molar refractivity (Wildman–Crippen MR) is 137 cm³/mol. The number of hydrogen-bond donors (Lipinski definition) is 6. The zero-order chi connectivity index (χ0) is 26.0. The zero-order valence-electron chi connectivity index (χ0n) is 20.3. The lowest BCUT2D eigenvalue weighted by molar-refractivity contribution is -0.143. The Kier molecular flexibility index (Phi) is 11.1. The van der Waals surface area contributed by atoms with Crippen LogP contribution in [0.5, 0.6) is 0 Å². The molecule has 1 aromatic carbocycles. The third kappa shape index (κ3) is 8.00. The van der Waals surface area contributed by atoms with Gasteiger partial charge in [0.05, 0.1) is 6.54 Å². The highest BCUT2D eigenvalue weighted by atomic mass is 32.2.